The van der Waals surface area contributed by atoms with E-state index in [0.29, 0.717) is 58.2 Å². The van der Waals surface area contributed by atoms with Crippen molar-refractivity contribution in [2.75, 3.05) is 27.4 Å². The van der Waals surface area contributed by atoms with Crippen molar-refractivity contribution in [3.05, 3.63) is 134 Å². The zero-order valence-electron chi connectivity index (χ0n) is 26.9. The summed E-state index contributed by atoms with van der Waals surface area (Å²) >= 11 is 0. The number of nitrogens with one attached hydrogen (secondary N) is 1. The Morgan fingerprint density at radius 1 is 0.918 bits per heavy atom. The molecule has 0 saturated heterocycles. The monoisotopic (exact) mass is 662 g/mol. The van der Waals surface area contributed by atoms with E-state index in [-0.39, 0.29) is 31.2 Å². The zero-order chi connectivity index (χ0) is 34.6. The van der Waals surface area contributed by atoms with Gasteiger partial charge in [0.15, 0.2) is 23.1 Å². The lowest BCUT2D eigenvalue weighted by atomic mass is 9.81. The minimum absolute atomic E-state index is 0.0129. The molecule has 0 unspecified atom stereocenters. The molecule has 1 heterocycles. The van der Waals surface area contributed by atoms with Crippen molar-refractivity contribution >= 4 is 23.2 Å². The molecule has 0 aromatic heterocycles. The van der Waals surface area contributed by atoms with Gasteiger partial charge in [-0.2, -0.15) is 0 Å². The molecule has 2 atom stereocenters. The van der Waals surface area contributed by atoms with Gasteiger partial charge in [-0.1, -0.05) is 70.9 Å². The highest BCUT2D eigenvalue weighted by molar-refractivity contribution is 6.01. The third kappa shape index (κ3) is 7.53. The summed E-state index contributed by atoms with van der Waals surface area (Å²) in [7, 11) is 3.05. The van der Waals surface area contributed by atoms with Gasteiger partial charge in [0.1, 0.15) is 5.75 Å². The minimum Gasteiger partial charge on any atom is -0.494 e. The van der Waals surface area contributed by atoms with Gasteiger partial charge in [0.25, 0.3) is 5.91 Å². The van der Waals surface area contributed by atoms with Crippen LogP contribution in [0.4, 0.5) is 11.4 Å². The predicted octanol–water partition coefficient (Wildman–Crippen LogP) is 7.16. The molecule has 0 radical (unpaired) electrons. The van der Waals surface area contributed by atoms with Crippen LogP contribution in [-0.4, -0.2) is 49.9 Å². The lowest BCUT2D eigenvalue weighted by Gasteiger charge is -2.32. The summed E-state index contributed by atoms with van der Waals surface area (Å²) in [5.74, 6) is 1.21. The number of azide groups is 2. The molecular weight excluding hydrogens is 628 g/mol. The number of methoxy groups -OCH3 is 2. The number of amides is 1. The molecule has 4 aromatic rings. The fraction of sp³-hybridized carbons (Fsp3) is 0.257. The number of carbonyl (C=O) groups excluding carboxylic acids is 1. The number of aliphatic hydroxyl groups is 1. The first kappa shape index (κ1) is 34.1. The largest absolute Gasteiger partial charge is 0.494 e. The Morgan fingerprint density at radius 3 is 2.33 bits per heavy atom. The minimum atomic E-state index is -1.69. The number of para-hydroxylation sites is 1. The Morgan fingerprint density at radius 2 is 1.61 bits per heavy atom. The van der Waals surface area contributed by atoms with Gasteiger partial charge >= 0.3 is 0 Å². The Bertz CT molecular complexity index is 1920. The van der Waals surface area contributed by atoms with Gasteiger partial charge in [-0.15, -0.1) is 0 Å². The van der Waals surface area contributed by atoms with Crippen LogP contribution in [0.25, 0.3) is 20.9 Å². The normalized spacial score (nSPS) is 16.3. The highest BCUT2D eigenvalue weighted by Crippen LogP contribution is 2.46. The first-order valence-electron chi connectivity index (χ1n) is 15.3. The second kappa shape index (κ2) is 16.1. The summed E-state index contributed by atoms with van der Waals surface area (Å²) in [5.41, 5.74) is 19.8. The van der Waals surface area contributed by atoms with Crippen molar-refractivity contribution in [2.45, 2.75) is 31.0 Å². The molecular formula is C35H34N8O6. The smallest absolute Gasteiger partial charge is 0.252 e. The SMILES string of the molecule is COc1cccc(CNC(=O)[C@]2(Cc3ccccc3N=[N+]=[N-])N=C(c3ccc(OCCCO)cc3)O[C@@H]2c2ccccc2N=[N+]=[N-])c1OC. The molecule has 49 heavy (non-hydrogen) atoms. The van der Waals surface area contributed by atoms with Crippen LogP contribution >= 0.6 is 0 Å². The fourth-order valence-electron chi connectivity index (χ4n) is 5.63. The van der Waals surface area contributed by atoms with Crippen molar-refractivity contribution in [1.29, 1.82) is 0 Å². The summed E-state index contributed by atoms with van der Waals surface area (Å²) in [4.78, 5) is 25.8. The maximum atomic E-state index is 14.8. The van der Waals surface area contributed by atoms with Crippen molar-refractivity contribution in [2.24, 2.45) is 15.2 Å². The Kier molecular flexibility index (Phi) is 11.2. The number of aliphatic imine (C=N–C) groups is 1. The van der Waals surface area contributed by atoms with E-state index < -0.39 is 17.6 Å². The Labute approximate surface area is 282 Å². The van der Waals surface area contributed by atoms with E-state index >= 15 is 0 Å². The van der Waals surface area contributed by atoms with E-state index in [4.69, 9.17) is 29.0 Å². The molecule has 0 bridgehead atoms. The van der Waals surface area contributed by atoms with Gasteiger partial charge in [-0.3, -0.25) is 4.79 Å². The fourth-order valence-corrected chi connectivity index (χ4v) is 5.63. The van der Waals surface area contributed by atoms with Crippen LogP contribution in [0, 0.1) is 0 Å². The molecule has 0 spiro atoms. The maximum absolute atomic E-state index is 14.8. The zero-order valence-corrected chi connectivity index (χ0v) is 26.9. The molecule has 2 N–H and O–H groups in total. The summed E-state index contributed by atoms with van der Waals surface area (Å²) < 4.78 is 23.3. The number of benzene rings is 4. The van der Waals surface area contributed by atoms with Crippen LogP contribution in [0.3, 0.4) is 0 Å². The lowest BCUT2D eigenvalue weighted by Crippen LogP contribution is -2.49. The lowest BCUT2D eigenvalue weighted by molar-refractivity contribution is -0.129. The van der Waals surface area contributed by atoms with Crippen molar-refractivity contribution in [3.63, 3.8) is 0 Å². The van der Waals surface area contributed by atoms with E-state index in [1.165, 1.54) is 14.2 Å². The second-order valence-corrected chi connectivity index (χ2v) is 10.9. The highest BCUT2D eigenvalue weighted by atomic mass is 16.5. The summed E-state index contributed by atoms with van der Waals surface area (Å²) in [6.45, 7) is 0.408. The second-order valence-electron chi connectivity index (χ2n) is 10.9. The van der Waals surface area contributed by atoms with E-state index in [0.717, 1.165) is 0 Å². The Balaban J connectivity index is 1.66. The molecule has 5 rings (SSSR count). The molecule has 1 aliphatic heterocycles. The molecule has 4 aromatic carbocycles. The molecule has 250 valence electrons. The summed E-state index contributed by atoms with van der Waals surface area (Å²) in [5, 5.41) is 19.9. The van der Waals surface area contributed by atoms with E-state index in [1.54, 1.807) is 84.9 Å². The van der Waals surface area contributed by atoms with Crippen LogP contribution in [0.15, 0.2) is 106 Å². The number of nitrogens with zero attached hydrogens (tertiary/aromatic N) is 7. The highest BCUT2D eigenvalue weighted by Gasteiger charge is 2.54. The van der Waals surface area contributed by atoms with Gasteiger partial charge in [0.2, 0.25) is 5.90 Å². The molecule has 1 aliphatic rings. The van der Waals surface area contributed by atoms with Crippen molar-refractivity contribution in [1.82, 2.24) is 5.32 Å². The average molecular weight is 663 g/mol. The predicted molar refractivity (Wildman–Crippen MR) is 182 cm³/mol. The van der Waals surface area contributed by atoms with Gasteiger partial charge in [-0.05, 0) is 47.0 Å². The first-order chi connectivity index (χ1) is 24.0. The average Bonchev–Trinajstić information content (AvgIpc) is 3.52. The quantitative estimate of drug-likeness (QED) is 0.0586. The van der Waals surface area contributed by atoms with Crippen molar-refractivity contribution < 1.29 is 28.8 Å². The molecule has 14 nitrogen and oxygen atoms in total. The molecule has 0 fully saturated rings. The van der Waals surface area contributed by atoms with Crippen LogP contribution in [0.5, 0.6) is 17.2 Å². The van der Waals surface area contributed by atoms with Crippen LogP contribution < -0.4 is 19.5 Å². The molecule has 14 heteroatoms. The molecule has 1 amide bonds. The number of carbonyl (C=O) groups is 1. The van der Waals surface area contributed by atoms with Gasteiger partial charge in [-0.25, -0.2) is 4.99 Å². The van der Waals surface area contributed by atoms with Crippen LogP contribution in [0.1, 0.15) is 34.8 Å². The number of rotatable bonds is 15. The van der Waals surface area contributed by atoms with Crippen molar-refractivity contribution in [3.8, 4) is 17.2 Å². The summed E-state index contributed by atoms with van der Waals surface area (Å²) in [6, 6.07) is 26.1. The number of ether oxygens (including phenoxy) is 4. The van der Waals surface area contributed by atoms with Crippen LogP contribution in [-0.2, 0) is 22.5 Å². The van der Waals surface area contributed by atoms with Gasteiger partial charge < -0.3 is 29.4 Å². The maximum Gasteiger partial charge on any atom is 0.252 e. The third-order valence-corrected chi connectivity index (χ3v) is 7.93. The number of aliphatic hydroxyl groups excluding tert-OH is 1. The van der Waals surface area contributed by atoms with Gasteiger partial charge in [0.05, 0.1) is 20.8 Å². The van der Waals surface area contributed by atoms with E-state index in [1.807, 2.05) is 6.07 Å². The Hall–Kier alpha value is -6.20. The summed E-state index contributed by atoms with van der Waals surface area (Å²) in [6.07, 6.45) is -0.652. The van der Waals surface area contributed by atoms with E-state index in [9.17, 15) is 15.9 Å². The van der Waals surface area contributed by atoms with Crippen LogP contribution in [0.2, 0.25) is 0 Å². The van der Waals surface area contributed by atoms with Gasteiger partial charge in [0, 0.05) is 63.9 Å². The third-order valence-electron chi connectivity index (χ3n) is 7.93. The number of hydrogen-bond acceptors (Lipinski definition) is 9. The first-order valence-corrected chi connectivity index (χ1v) is 15.3. The standard InChI is InChI=1S/C35H34N8O6/c1-46-30-14-7-10-25(31(30)47-2)22-38-34(45)35(21-24-9-3-5-12-28(24)40-42-36)32(27-11-4-6-13-29(27)41-43-37)49-33(39-35)23-15-17-26(18-16-23)48-20-8-19-44/h3-7,9-18,32,44H,8,19-22H2,1-2H3,(H,38,45)/t32-,35-/m1/s1. The number of hydrogen-bond donors (Lipinski definition) is 2. The molecule has 0 saturated carbocycles. The molecule has 0 aliphatic carbocycles. The topological polar surface area (TPSA) is 196 Å². The van der Waals surface area contributed by atoms with E-state index in [2.05, 4.69) is 25.4 Å².